The maximum Gasteiger partial charge on any atom is 0.262 e. The van der Waals surface area contributed by atoms with Crippen LogP contribution in [0.5, 0.6) is 0 Å². The fourth-order valence-electron chi connectivity index (χ4n) is 4.11. The van der Waals surface area contributed by atoms with E-state index in [-0.39, 0.29) is 24.1 Å². The van der Waals surface area contributed by atoms with E-state index in [1.165, 1.54) is 39.3 Å². The molecule has 0 aliphatic carbocycles. The number of rotatable bonds is 6. The molecule has 0 aromatic carbocycles. The van der Waals surface area contributed by atoms with Crippen molar-refractivity contribution in [3.8, 4) is 11.3 Å². The van der Waals surface area contributed by atoms with Crippen molar-refractivity contribution in [2.24, 2.45) is 0 Å². The van der Waals surface area contributed by atoms with Gasteiger partial charge in [0.25, 0.3) is 5.56 Å². The predicted molar refractivity (Wildman–Crippen MR) is 126 cm³/mol. The summed E-state index contributed by atoms with van der Waals surface area (Å²) < 4.78 is 9.39. The highest BCUT2D eigenvalue weighted by atomic mass is 32.1. The van der Waals surface area contributed by atoms with E-state index in [2.05, 4.69) is 39.8 Å². The number of fused-ring (bicyclic) bond motifs is 1. The normalized spacial score (nSPS) is 16.1. The first-order valence-corrected chi connectivity index (χ1v) is 12.2. The fourth-order valence-corrected chi connectivity index (χ4v) is 5.56. The van der Waals surface area contributed by atoms with E-state index in [4.69, 9.17) is 4.74 Å². The Morgan fingerprint density at radius 3 is 3.03 bits per heavy atom. The first kappa shape index (κ1) is 21.0. The van der Waals surface area contributed by atoms with E-state index in [0.717, 1.165) is 42.9 Å². The van der Waals surface area contributed by atoms with Crippen LogP contribution in [0.1, 0.15) is 24.2 Å². The molecule has 4 aromatic rings. The second-order valence-corrected chi connectivity index (χ2v) is 9.69. The number of ether oxygens (including phenoxy) is 1. The van der Waals surface area contributed by atoms with Crippen LogP contribution in [0.25, 0.3) is 21.5 Å². The minimum Gasteiger partial charge on any atom is -0.376 e. The zero-order chi connectivity index (χ0) is 22.2. The molecule has 1 atom stereocenters. The van der Waals surface area contributed by atoms with Crippen LogP contribution in [0.15, 0.2) is 34.0 Å². The van der Waals surface area contributed by atoms with Crippen LogP contribution in [0.3, 0.4) is 0 Å². The lowest BCUT2D eigenvalue weighted by Crippen LogP contribution is -2.27. The summed E-state index contributed by atoms with van der Waals surface area (Å²) in [4.78, 5) is 34.5. The van der Waals surface area contributed by atoms with E-state index in [9.17, 15) is 9.59 Å². The lowest BCUT2D eigenvalue weighted by atomic mass is 10.2. The highest BCUT2D eigenvalue weighted by Crippen LogP contribution is 2.31. The molecule has 5 heterocycles. The Morgan fingerprint density at radius 2 is 2.22 bits per heavy atom. The van der Waals surface area contributed by atoms with Gasteiger partial charge in [0, 0.05) is 35.5 Å². The molecule has 10 heteroatoms. The largest absolute Gasteiger partial charge is 0.376 e. The van der Waals surface area contributed by atoms with Crippen molar-refractivity contribution in [2.75, 3.05) is 11.9 Å². The number of nitrogens with zero attached hydrogens (tertiary/aromatic N) is 4. The number of hydrogen-bond donors (Lipinski definition) is 1. The van der Waals surface area contributed by atoms with Gasteiger partial charge in [-0.25, -0.2) is 9.97 Å². The van der Waals surface area contributed by atoms with Gasteiger partial charge in [-0.2, -0.15) is 0 Å². The van der Waals surface area contributed by atoms with E-state index in [1.54, 1.807) is 6.07 Å². The van der Waals surface area contributed by atoms with E-state index >= 15 is 0 Å². The standard InChI is InChI=1S/C22H23N5O3S2/c1-13-8-17(14(2)27(13)9-15-4-3-6-30-15)18-11-32-22(24-18)25-19(28)10-26-12-23-20-16(21(26)29)5-7-31-20/h5,7-8,11-12,15H,3-4,6,9-10H2,1-2H3,(H,24,25,28)/t15-/m1/s1. The lowest BCUT2D eigenvalue weighted by Gasteiger charge is -2.14. The average molecular weight is 470 g/mol. The Morgan fingerprint density at radius 1 is 1.34 bits per heavy atom. The van der Waals surface area contributed by atoms with Crippen LogP contribution in [0, 0.1) is 13.8 Å². The van der Waals surface area contributed by atoms with E-state index < -0.39 is 0 Å². The molecule has 0 spiro atoms. The predicted octanol–water partition coefficient (Wildman–Crippen LogP) is 3.82. The van der Waals surface area contributed by atoms with E-state index in [1.807, 2.05) is 10.8 Å². The molecule has 1 amide bonds. The first-order valence-electron chi connectivity index (χ1n) is 10.5. The maximum absolute atomic E-state index is 12.5. The minimum absolute atomic E-state index is 0.109. The molecule has 0 radical (unpaired) electrons. The van der Waals surface area contributed by atoms with Crippen molar-refractivity contribution >= 4 is 43.9 Å². The number of hydrogen-bond acceptors (Lipinski definition) is 7. The topological polar surface area (TPSA) is 91.0 Å². The van der Waals surface area contributed by atoms with Gasteiger partial charge in [0.2, 0.25) is 5.91 Å². The van der Waals surface area contributed by atoms with Crippen LogP contribution >= 0.6 is 22.7 Å². The SMILES string of the molecule is Cc1cc(-c2csc(NC(=O)Cn3cnc4sccc4c3=O)n2)c(C)n1C[C@H]1CCCO1. The number of aryl methyl sites for hydroxylation is 1. The molecular formula is C22H23N5O3S2. The molecular weight excluding hydrogens is 446 g/mol. The summed E-state index contributed by atoms with van der Waals surface area (Å²) in [6, 6.07) is 3.86. The monoisotopic (exact) mass is 469 g/mol. The Balaban J connectivity index is 1.30. The number of thiophene rings is 1. The number of carbonyl (C=O) groups excluding carboxylic acids is 1. The van der Waals surface area contributed by atoms with Gasteiger partial charge in [-0.1, -0.05) is 0 Å². The zero-order valence-electron chi connectivity index (χ0n) is 17.8. The molecule has 1 aliphatic rings. The summed E-state index contributed by atoms with van der Waals surface area (Å²) in [5.74, 6) is -0.312. The maximum atomic E-state index is 12.5. The van der Waals surface area contributed by atoms with Gasteiger partial charge in [0.05, 0.1) is 23.5 Å². The van der Waals surface area contributed by atoms with Gasteiger partial charge in [0.15, 0.2) is 5.13 Å². The highest BCUT2D eigenvalue weighted by molar-refractivity contribution is 7.16. The summed E-state index contributed by atoms with van der Waals surface area (Å²) in [5, 5.41) is 7.60. The van der Waals surface area contributed by atoms with Crippen LogP contribution in [0.2, 0.25) is 0 Å². The number of nitrogens with one attached hydrogen (secondary N) is 1. The van der Waals surface area contributed by atoms with Crippen molar-refractivity contribution in [1.82, 2.24) is 19.1 Å². The molecule has 8 nitrogen and oxygen atoms in total. The van der Waals surface area contributed by atoms with Crippen molar-refractivity contribution in [1.29, 1.82) is 0 Å². The second-order valence-electron chi connectivity index (χ2n) is 7.93. The molecule has 1 saturated heterocycles. The summed E-state index contributed by atoms with van der Waals surface area (Å²) >= 11 is 2.77. The van der Waals surface area contributed by atoms with Crippen LogP contribution in [-0.4, -0.2) is 37.7 Å². The van der Waals surface area contributed by atoms with Gasteiger partial charge in [-0.15, -0.1) is 22.7 Å². The third kappa shape index (κ3) is 4.01. The molecule has 1 N–H and O–H groups in total. The van der Waals surface area contributed by atoms with Crippen molar-refractivity contribution in [3.05, 3.63) is 51.0 Å². The molecule has 32 heavy (non-hydrogen) atoms. The molecule has 5 rings (SSSR count). The molecule has 1 aliphatic heterocycles. The zero-order valence-corrected chi connectivity index (χ0v) is 19.5. The number of aromatic nitrogens is 4. The molecule has 4 aromatic heterocycles. The van der Waals surface area contributed by atoms with Gasteiger partial charge < -0.3 is 14.6 Å². The van der Waals surface area contributed by atoms with Crippen molar-refractivity contribution < 1.29 is 9.53 Å². The average Bonchev–Trinajstić information content (AvgIpc) is 3.55. The Kier molecular flexibility index (Phi) is 5.66. The third-order valence-corrected chi connectivity index (χ3v) is 7.35. The molecule has 1 fully saturated rings. The summed E-state index contributed by atoms with van der Waals surface area (Å²) in [6.45, 7) is 5.77. The van der Waals surface area contributed by atoms with Crippen LogP contribution in [0.4, 0.5) is 5.13 Å². The van der Waals surface area contributed by atoms with Gasteiger partial charge in [-0.05, 0) is 44.2 Å². The van der Waals surface area contributed by atoms with Crippen molar-refractivity contribution in [3.63, 3.8) is 0 Å². The molecule has 0 bridgehead atoms. The summed E-state index contributed by atoms with van der Waals surface area (Å²) in [5.41, 5.74) is 3.98. The van der Waals surface area contributed by atoms with E-state index in [0.29, 0.717) is 15.3 Å². The van der Waals surface area contributed by atoms with Gasteiger partial charge >= 0.3 is 0 Å². The first-order chi connectivity index (χ1) is 15.5. The summed E-state index contributed by atoms with van der Waals surface area (Å²) in [7, 11) is 0. The third-order valence-electron chi connectivity index (χ3n) is 5.77. The molecule has 0 unspecified atom stereocenters. The number of anilines is 1. The minimum atomic E-state index is -0.312. The second kappa shape index (κ2) is 8.61. The molecule has 0 saturated carbocycles. The fraction of sp³-hybridized carbons (Fsp3) is 0.364. The van der Waals surface area contributed by atoms with Crippen molar-refractivity contribution in [2.45, 2.75) is 45.9 Å². The number of thiazole rings is 1. The smallest absolute Gasteiger partial charge is 0.262 e. The Labute approximate surface area is 192 Å². The highest BCUT2D eigenvalue weighted by Gasteiger charge is 2.20. The van der Waals surface area contributed by atoms with Crippen LogP contribution < -0.4 is 10.9 Å². The summed E-state index contributed by atoms with van der Waals surface area (Å²) in [6.07, 6.45) is 3.90. The Bertz CT molecular complexity index is 1340. The van der Waals surface area contributed by atoms with Gasteiger partial charge in [0.1, 0.15) is 11.4 Å². The lowest BCUT2D eigenvalue weighted by molar-refractivity contribution is -0.116. The number of amides is 1. The number of carbonyl (C=O) groups is 1. The molecule has 166 valence electrons. The van der Waals surface area contributed by atoms with Crippen LogP contribution in [-0.2, 0) is 22.6 Å². The quantitative estimate of drug-likeness (QED) is 0.464. The Hall–Kier alpha value is -2.82. The van der Waals surface area contributed by atoms with Gasteiger partial charge in [-0.3, -0.25) is 14.2 Å².